The number of aromatic nitrogens is 2. The van der Waals surface area contributed by atoms with Crippen LogP contribution in [0.3, 0.4) is 0 Å². The average Bonchev–Trinajstić information content (AvgIpc) is 3.12. The van der Waals surface area contributed by atoms with E-state index in [1.807, 2.05) is 6.34 Å². The van der Waals surface area contributed by atoms with E-state index in [2.05, 4.69) is 25.2 Å². The molecule has 0 radical (unpaired) electrons. The second-order valence-corrected chi connectivity index (χ2v) is 5.91. The van der Waals surface area contributed by atoms with Crippen LogP contribution in [0, 0.1) is 0 Å². The first-order valence-corrected chi connectivity index (χ1v) is 8.21. The third-order valence-corrected chi connectivity index (χ3v) is 3.98. The molecule has 1 aromatic carbocycles. The number of aliphatic imine (C=N–C) groups is 1. The molecule has 0 atom stereocenters. The summed E-state index contributed by atoms with van der Waals surface area (Å²) < 4.78 is 38.9. The summed E-state index contributed by atoms with van der Waals surface area (Å²) in [6.07, 6.45) is -0.308. The molecule has 9 heteroatoms. The smallest absolute Gasteiger partial charge is 0.369 e. The minimum atomic E-state index is -4.41. The van der Waals surface area contributed by atoms with E-state index in [4.69, 9.17) is 5.73 Å². The lowest BCUT2D eigenvalue weighted by molar-refractivity contribution is -0.137. The highest BCUT2D eigenvalue weighted by molar-refractivity contribution is 5.75. The molecule has 1 aromatic heterocycles. The van der Waals surface area contributed by atoms with Crippen LogP contribution in [0.4, 0.5) is 24.9 Å². The third kappa shape index (κ3) is 4.41. The molecule has 1 aliphatic rings. The quantitative estimate of drug-likeness (QED) is 0.771. The van der Waals surface area contributed by atoms with E-state index in [0.717, 1.165) is 38.2 Å². The van der Waals surface area contributed by atoms with Crippen molar-refractivity contribution in [2.45, 2.75) is 12.6 Å². The molecular formula is C17H19F3N6. The summed E-state index contributed by atoms with van der Waals surface area (Å²) in [5.41, 5.74) is 5.79. The van der Waals surface area contributed by atoms with Crippen molar-refractivity contribution < 1.29 is 13.2 Å². The van der Waals surface area contributed by atoms with Crippen molar-refractivity contribution in [3.63, 3.8) is 0 Å². The summed E-state index contributed by atoms with van der Waals surface area (Å²) in [5.74, 6) is 0.488. The van der Waals surface area contributed by atoms with Crippen LogP contribution in [0.1, 0.15) is 12.0 Å². The van der Waals surface area contributed by atoms with Crippen LogP contribution >= 0.6 is 0 Å². The Labute approximate surface area is 149 Å². The first-order chi connectivity index (χ1) is 12.4. The number of rotatable bonds is 6. The van der Waals surface area contributed by atoms with Gasteiger partial charge >= 0.3 is 6.18 Å². The summed E-state index contributed by atoms with van der Waals surface area (Å²) in [4.78, 5) is 14.3. The van der Waals surface area contributed by atoms with E-state index in [0.29, 0.717) is 23.5 Å². The van der Waals surface area contributed by atoms with Gasteiger partial charge in [0.25, 0.3) is 0 Å². The van der Waals surface area contributed by atoms with Crippen LogP contribution in [0.25, 0.3) is 11.1 Å². The number of anilines is 2. The van der Waals surface area contributed by atoms with Gasteiger partial charge in [-0.05, 0) is 24.1 Å². The highest BCUT2D eigenvalue weighted by atomic mass is 19.4. The Morgan fingerprint density at radius 1 is 1.27 bits per heavy atom. The number of alkyl halides is 3. The van der Waals surface area contributed by atoms with E-state index in [1.165, 1.54) is 12.3 Å². The molecule has 26 heavy (non-hydrogen) atoms. The number of nitrogens with one attached hydrogen (secondary N) is 1. The van der Waals surface area contributed by atoms with Crippen LogP contribution < -0.4 is 11.1 Å². The molecule has 0 saturated carbocycles. The Hall–Kier alpha value is -2.84. The molecule has 2 heterocycles. The minimum absolute atomic E-state index is 0.0647. The van der Waals surface area contributed by atoms with Crippen molar-refractivity contribution in [2.24, 2.45) is 4.99 Å². The predicted octanol–water partition coefficient (Wildman–Crippen LogP) is 2.89. The fourth-order valence-corrected chi connectivity index (χ4v) is 2.68. The van der Waals surface area contributed by atoms with Crippen molar-refractivity contribution >= 4 is 18.1 Å². The molecule has 0 spiro atoms. The van der Waals surface area contributed by atoms with Gasteiger partial charge < -0.3 is 16.0 Å². The first kappa shape index (κ1) is 18.0. The second-order valence-electron chi connectivity index (χ2n) is 5.91. The zero-order chi connectivity index (χ0) is 18.6. The lowest BCUT2D eigenvalue weighted by Gasteiger charge is -2.15. The Balaban J connectivity index is 1.74. The first-order valence-electron chi connectivity index (χ1n) is 8.21. The SMILES string of the molecule is Nc1ncc(-c2cccc(C(F)(F)F)c2)c(NCCCN2C=NCC2)n1. The molecule has 1 aliphatic heterocycles. The van der Waals surface area contributed by atoms with Crippen LogP contribution in [-0.2, 0) is 6.18 Å². The summed E-state index contributed by atoms with van der Waals surface area (Å²) in [5, 5.41) is 3.15. The number of hydrogen-bond acceptors (Lipinski definition) is 6. The topological polar surface area (TPSA) is 79.4 Å². The lowest BCUT2D eigenvalue weighted by Crippen LogP contribution is -2.23. The number of nitrogens with two attached hydrogens (primary N) is 1. The maximum Gasteiger partial charge on any atom is 0.416 e. The Kier molecular flexibility index (Phi) is 5.24. The standard InChI is InChI=1S/C17H19F3N6/c18-17(19,20)13-4-1-3-12(9-13)14-10-24-16(21)25-15(14)23-5-2-7-26-8-6-22-11-26/h1,3-4,9-11H,2,5-8H2,(H3,21,23,24,25). The van der Waals surface area contributed by atoms with E-state index < -0.39 is 11.7 Å². The van der Waals surface area contributed by atoms with Crippen LogP contribution in [0.5, 0.6) is 0 Å². The van der Waals surface area contributed by atoms with E-state index in [-0.39, 0.29) is 5.95 Å². The molecule has 0 aliphatic carbocycles. The summed E-state index contributed by atoms with van der Waals surface area (Å²) in [6, 6.07) is 5.08. The third-order valence-electron chi connectivity index (χ3n) is 3.98. The molecule has 0 fully saturated rings. The van der Waals surface area contributed by atoms with Gasteiger partial charge in [0, 0.05) is 31.4 Å². The lowest BCUT2D eigenvalue weighted by atomic mass is 10.0. The summed E-state index contributed by atoms with van der Waals surface area (Å²) in [6.45, 7) is 3.17. The van der Waals surface area contributed by atoms with Crippen molar-refractivity contribution in [3.05, 3.63) is 36.0 Å². The van der Waals surface area contributed by atoms with Crippen LogP contribution in [-0.4, -0.2) is 47.4 Å². The van der Waals surface area contributed by atoms with Crippen molar-refractivity contribution in [1.29, 1.82) is 0 Å². The summed E-state index contributed by atoms with van der Waals surface area (Å²) >= 11 is 0. The van der Waals surface area contributed by atoms with Crippen molar-refractivity contribution in [1.82, 2.24) is 14.9 Å². The molecule has 138 valence electrons. The van der Waals surface area contributed by atoms with Gasteiger partial charge in [-0.1, -0.05) is 12.1 Å². The van der Waals surface area contributed by atoms with Crippen LogP contribution in [0.15, 0.2) is 35.5 Å². The van der Waals surface area contributed by atoms with Gasteiger partial charge in [-0.2, -0.15) is 18.2 Å². The van der Waals surface area contributed by atoms with Gasteiger partial charge in [0.1, 0.15) is 5.82 Å². The maximum absolute atomic E-state index is 13.0. The van der Waals surface area contributed by atoms with Gasteiger partial charge in [0.05, 0.1) is 18.4 Å². The monoisotopic (exact) mass is 364 g/mol. The zero-order valence-corrected chi connectivity index (χ0v) is 14.0. The molecule has 0 amide bonds. The van der Waals surface area contributed by atoms with Crippen molar-refractivity contribution in [3.8, 4) is 11.1 Å². The maximum atomic E-state index is 13.0. The fraction of sp³-hybridized carbons (Fsp3) is 0.353. The molecule has 0 saturated heterocycles. The normalized spacial score (nSPS) is 14.0. The van der Waals surface area contributed by atoms with E-state index >= 15 is 0 Å². The molecule has 6 nitrogen and oxygen atoms in total. The number of halogens is 3. The molecule has 0 unspecified atom stereocenters. The predicted molar refractivity (Wildman–Crippen MR) is 94.9 cm³/mol. The van der Waals surface area contributed by atoms with Gasteiger partial charge in [-0.15, -0.1) is 0 Å². The van der Waals surface area contributed by atoms with Gasteiger partial charge in [0.2, 0.25) is 5.95 Å². The number of nitrogens with zero attached hydrogens (tertiary/aromatic N) is 4. The number of nitrogen functional groups attached to an aromatic ring is 1. The Morgan fingerprint density at radius 3 is 2.85 bits per heavy atom. The fourth-order valence-electron chi connectivity index (χ4n) is 2.68. The molecule has 3 rings (SSSR count). The second kappa shape index (κ2) is 7.59. The highest BCUT2D eigenvalue weighted by Crippen LogP contribution is 2.33. The average molecular weight is 364 g/mol. The van der Waals surface area contributed by atoms with Gasteiger partial charge in [0.15, 0.2) is 0 Å². The highest BCUT2D eigenvalue weighted by Gasteiger charge is 2.30. The van der Waals surface area contributed by atoms with Crippen molar-refractivity contribution in [2.75, 3.05) is 37.2 Å². The van der Waals surface area contributed by atoms with E-state index in [9.17, 15) is 13.2 Å². The summed E-state index contributed by atoms with van der Waals surface area (Å²) in [7, 11) is 0. The number of benzene rings is 1. The Morgan fingerprint density at radius 2 is 2.12 bits per heavy atom. The van der Waals surface area contributed by atoms with Crippen LogP contribution in [0.2, 0.25) is 0 Å². The van der Waals surface area contributed by atoms with Gasteiger partial charge in [-0.25, -0.2) is 4.98 Å². The molecule has 0 bridgehead atoms. The largest absolute Gasteiger partial charge is 0.416 e. The Bertz CT molecular complexity index is 790. The minimum Gasteiger partial charge on any atom is -0.369 e. The zero-order valence-electron chi connectivity index (χ0n) is 14.0. The van der Waals surface area contributed by atoms with E-state index in [1.54, 1.807) is 6.07 Å². The molecular weight excluding hydrogens is 345 g/mol. The van der Waals surface area contributed by atoms with Gasteiger partial charge in [-0.3, -0.25) is 4.99 Å². The number of hydrogen-bond donors (Lipinski definition) is 2. The molecule has 2 aromatic rings. The molecule has 3 N–H and O–H groups in total.